The molecule has 0 aliphatic heterocycles. The van der Waals surface area contributed by atoms with Crippen molar-refractivity contribution in [3.8, 4) is 11.3 Å². The third kappa shape index (κ3) is 4.85. The van der Waals surface area contributed by atoms with Crippen molar-refractivity contribution in [2.24, 2.45) is 0 Å². The highest BCUT2D eigenvalue weighted by atomic mass is 16.6. The minimum Gasteiger partial charge on any atom is -0.326 e. The molecule has 2 aromatic heterocycles. The fraction of sp³-hybridized carbons (Fsp3) is 0.158. The summed E-state index contributed by atoms with van der Waals surface area (Å²) >= 11 is 0. The third-order valence-corrected chi connectivity index (χ3v) is 3.96. The number of carbonyl (C=O) groups excluding carboxylic acids is 1. The predicted octanol–water partition coefficient (Wildman–Crippen LogP) is 2.63. The van der Waals surface area contributed by atoms with Crippen LogP contribution in [0, 0.1) is 10.1 Å². The van der Waals surface area contributed by atoms with Gasteiger partial charge in [-0.25, -0.2) is 4.68 Å². The minimum absolute atomic E-state index is 0.0959. The smallest absolute Gasteiger partial charge is 0.271 e. The molecule has 1 N–H and O–H groups in total. The van der Waals surface area contributed by atoms with Crippen LogP contribution in [0.2, 0.25) is 0 Å². The number of aryl methyl sites for hydroxylation is 1. The Morgan fingerprint density at radius 2 is 1.93 bits per heavy atom. The number of anilines is 1. The second kappa shape index (κ2) is 8.67. The van der Waals surface area contributed by atoms with E-state index in [9.17, 15) is 19.7 Å². The molecule has 0 fully saturated rings. The zero-order chi connectivity index (χ0) is 19.9. The Labute approximate surface area is 159 Å². The van der Waals surface area contributed by atoms with Crippen LogP contribution in [0.1, 0.15) is 12.8 Å². The molecule has 0 bridgehead atoms. The number of aromatic nitrogens is 3. The number of nitrogens with zero attached hydrogens (tertiary/aromatic N) is 4. The van der Waals surface area contributed by atoms with Crippen molar-refractivity contribution in [2.75, 3.05) is 5.32 Å². The van der Waals surface area contributed by atoms with Gasteiger partial charge < -0.3 is 5.32 Å². The van der Waals surface area contributed by atoms with Crippen molar-refractivity contribution in [1.82, 2.24) is 14.8 Å². The third-order valence-electron chi connectivity index (χ3n) is 3.96. The highest BCUT2D eigenvalue weighted by molar-refractivity contribution is 5.90. The molecule has 0 aliphatic rings. The quantitative estimate of drug-likeness (QED) is 0.498. The van der Waals surface area contributed by atoms with Crippen LogP contribution in [0.4, 0.5) is 11.4 Å². The van der Waals surface area contributed by atoms with E-state index in [-0.39, 0.29) is 30.1 Å². The molecule has 0 unspecified atom stereocenters. The second-order valence-corrected chi connectivity index (χ2v) is 5.98. The first-order valence-electron chi connectivity index (χ1n) is 8.56. The minimum atomic E-state index is -0.524. The Hall–Kier alpha value is -3.88. The molecule has 9 heteroatoms. The van der Waals surface area contributed by atoms with Gasteiger partial charge in [-0.15, -0.1) is 0 Å². The Kier molecular flexibility index (Phi) is 5.85. The van der Waals surface area contributed by atoms with Crippen LogP contribution in [0.25, 0.3) is 11.3 Å². The van der Waals surface area contributed by atoms with Crippen LogP contribution in [0.3, 0.4) is 0 Å². The lowest BCUT2D eigenvalue weighted by Crippen LogP contribution is -2.23. The second-order valence-electron chi connectivity index (χ2n) is 5.98. The standard InChI is InChI=1S/C19H17N5O4/c25-18(21-15-3-1-4-16(13-15)24(27)28)5-2-12-23-19(26)7-6-17(22-23)14-8-10-20-11-9-14/h1,3-4,6-11,13H,2,5,12H2,(H,21,25). The lowest BCUT2D eigenvalue weighted by molar-refractivity contribution is -0.384. The van der Waals surface area contributed by atoms with Gasteiger partial charge in [0.05, 0.1) is 10.6 Å². The first kappa shape index (κ1) is 18.9. The lowest BCUT2D eigenvalue weighted by Gasteiger charge is -2.08. The molecular weight excluding hydrogens is 362 g/mol. The molecule has 1 amide bonds. The number of carbonyl (C=O) groups is 1. The average Bonchev–Trinajstić information content (AvgIpc) is 2.70. The molecule has 0 atom stereocenters. The SMILES string of the molecule is O=C(CCCn1nc(-c2ccncc2)ccc1=O)Nc1cccc([N+](=O)[O-])c1. The van der Waals surface area contributed by atoms with E-state index in [1.807, 2.05) is 0 Å². The molecular formula is C19H17N5O4. The summed E-state index contributed by atoms with van der Waals surface area (Å²) in [6, 6.07) is 12.4. The summed E-state index contributed by atoms with van der Waals surface area (Å²) in [7, 11) is 0. The van der Waals surface area contributed by atoms with E-state index in [0.29, 0.717) is 17.8 Å². The Morgan fingerprint density at radius 3 is 2.68 bits per heavy atom. The molecule has 0 saturated carbocycles. The predicted molar refractivity (Wildman–Crippen MR) is 103 cm³/mol. The van der Waals surface area contributed by atoms with E-state index in [4.69, 9.17) is 0 Å². The van der Waals surface area contributed by atoms with Crippen LogP contribution >= 0.6 is 0 Å². The Bertz CT molecular complexity index is 1050. The zero-order valence-corrected chi connectivity index (χ0v) is 14.8. The van der Waals surface area contributed by atoms with E-state index in [2.05, 4.69) is 15.4 Å². The first-order chi connectivity index (χ1) is 13.5. The molecule has 28 heavy (non-hydrogen) atoms. The molecule has 1 aromatic carbocycles. The van der Waals surface area contributed by atoms with Crippen LogP contribution < -0.4 is 10.9 Å². The molecule has 0 aliphatic carbocycles. The van der Waals surface area contributed by atoms with Crippen LogP contribution in [-0.4, -0.2) is 25.6 Å². The molecule has 9 nitrogen and oxygen atoms in total. The summed E-state index contributed by atoms with van der Waals surface area (Å²) in [5.74, 6) is -0.293. The number of pyridine rings is 1. The number of hydrogen-bond acceptors (Lipinski definition) is 6. The molecule has 0 saturated heterocycles. The van der Waals surface area contributed by atoms with Gasteiger partial charge in [0.1, 0.15) is 0 Å². The number of nitro groups is 1. The van der Waals surface area contributed by atoms with Crippen molar-refractivity contribution in [1.29, 1.82) is 0 Å². The topological polar surface area (TPSA) is 120 Å². The normalized spacial score (nSPS) is 10.4. The summed E-state index contributed by atoms with van der Waals surface area (Å²) in [5, 5.41) is 17.7. The number of benzene rings is 1. The molecule has 3 rings (SSSR count). The highest BCUT2D eigenvalue weighted by Crippen LogP contribution is 2.17. The number of amides is 1. The highest BCUT2D eigenvalue weighted by Gasteiger charge is 2.09. The van der Waals surface area contributed by atoms with Crippen molar-refractivity contribution in [3.63, 3.8) is 0 Å². The van der Waals surface area contributed by atoms with Gasteiger partial charge in [-0.2, -0.15) is 5.10 Å². The van der Waals surface area contributed by atoms with E-state index >= 15 is 0 Å². The van der Waals surface area contributed by atoms with Gasteiger partial charge in [0.15, 0.2) is 0 Å². The monoisotopic (exact) mass is 379 g/mol. The summed E-state index contributed by atoms with van der Waals surface area (Å²) < 4.78 is 1.32. The summed E-state index contributed by atoms with van der Waals surface area (Å²) in [6.07, 6.45) is 3.83. The molecule has 0 spiro atoms. The summed E-state index contributed by atoms with van der Waals surface area (Å²) in [6.45, 7) is 0.278. The van der Waals surface area contributed by atoms with Crippen molar-refractivity contribution in [3.05, 3.63) is 81.4 Å². The van der Waals surface area contributed by atoms with E-state index in [0.717, 1.165) is 5.56 Å². The largest absolute Gasteiger partial charge is 0.326 e. The van der Waals surface area contributed by atoms with Gasteiger partial charge in [-0.1, -0.05) is 6.07 Å². The first-order valence-corrected chi connectivity index (χ1v) is 8.56. The molecule has 3 aromatic rings. The molecule has 2 heterocycles. The fourth-order valence-electron chi connectivity index (χ4n) is 2.60. The Balaban J connectivity index is 1.59. The van der Waals surface area contributed by atoms with Gasteiger partial charge >= 0.3 is 0 Å². The maximum Gasteiger partial charge on any atom is 0.271 e. The lowest BCUT2D eigenvalue weighted by atomic mass is 10.2. The van der Waals surface area contributed by atoms with Gasteiger partial charge in [-0.3, -0.25) is 24.7 Å². The number of rotatable bonds is 7. The molecule has 0 radical (unpaired) electrons. The van der Waals surface area contributed by atoms with Crippen molar-refractivity contribution < 1.29 is 9.72 Å². The van der Waals surface area contributed by atoms with E-state index < -0.39 is 4.92 Å². The van der Waals surface area contributed by atoms with E-state index in [1.54, 1.807) is 36.7 Å². The van der Waals surface area contributed by atoms with Gasteiger partial charge in [-0.05, 0) is 30.7 Å². The maximum atomic E-state index is 12.1. The number of hydrogen-bond donors (Lipinski definition) is 1. The van der Waals surface area contributed by atoms with Gasteiger partial charge in [0.25, 0.3) is 11.2 Å². The van der Waals surface area contributed by atoms with Crippen LogP contribution in [-0.2, 0) is 11.3 Å². The molecule has 142 valence electrons. The maximum absolute atomic E-state index is 12.1. The summed E-state index contributed by atoms with van der Waals surface area (Å²) in [4.78, 5) is 38.3. The average molecular weight is 379 g/mol. The van der Waals surface area contributed by atoms with Crippen LogP contribution in [0.5, 0.6) is 0 Å². The number of nitro benzene ring substituents is 1. The number of nitrogens with one attached hydrogen (secondary N) is 1. The number of non-ortho nitro benzene ring substituents is 1. The van der Waals surface area contributed by atoms with E-state index in [1.165, 1.54) is 28.9 Å². The zero-order valence-electron chi connectivity index (χ0n) is 14.8. The van der Waals surface area contributed by atoms with Crippen molar-refractivity contribution in [2.45, 2.75) is 19.4 Å². The van der Waals surface area contributed by atoms with Gasteiger partial charge in [0, 0.05) is 54.8 Å². The Morgan fingerprint density at radius 1 is 1.14 bits per heavy atom. The fourth-order valence-corrected chi connectivity index (χ4v) is 2.60. The van der Waals surface area contributed by atoms with Crippen molar-refractivity contribution >= 4 is 17.3 Å². The van der Waals surface area contributed by atoms with Crippen LogP contribution in [0.15, 0.2) is 65.7 Å². The van der Waals surface area contributed by atoms with Gasteiger partial charge in [0.2, 0.25) is 5.91 Å². The summed E-state index contributed by atoms with van der Waals surface area (Å²) in [5.41, 5.74) is 1.49.